The van der Waals surface area contributed by atoms with Gasteiger partial charge < -0.3 is 5.32 Å². The summed E-state index contributed by atoms with van der Waals surface area (Å²) in [6, 6.07) is 12.2. The van der Waals surface area contributed by atoms with Gasteiger partial charge >= 0.3 is 0 Å². The van der Waals surface area contributed by atoms with Crippen LogP contribution in [0.25, 0.3) is 0 Å². The van der Waals surface area contributed by atoms with Crippen molar-refractivity contribution in [1.82, 2.24) is 10.2 Å². The quantitative estimate of drug-likeness (QED) is 0.913. The molecule has 21 heavy (non-hydrogen) atoms. The second kappa shape index (κ2) is 6.50. The van der Waals surface area contributed by atoms with Crippen molar-refractivity contribution in [3.05, 3.63) is 35.9 Å². The zero-order chi connectivity index (χ0) is 14.7. The minimum atomic E-state index is 0.439. The summed E-state index contributed by atoms with van der Waals surface area (Å²) in [5.41, 5.74) is 1.90. The molecular formula is C19H30N2. The van der Waals surface area contributed by atoms with Gasteiger partial charge in [0.1, 0.15) is 0 Å². The van der Waals surface area contributed by atoms with E-state index in [0.29, 0.717) is 17.6 Å². The van der Waals surface area contributed by atoms with Crippen LogP contribution in [-0.4, -0.2) is 35.6 Å². The largest absolute Gasteiger partial charge is 0.311 e. The fourth-order valence-electron chi connectivity index (χ4n) is 4.32. The lowest BCUT2D eigenvalue weighted by Gasteiger charge is -2.51. The fourth-order valence-corrected chi connectivity index (χ4v) is 4.32. The Morgan fingerprint density at radius 1 is 1.14 bits per heavy atom. The molecule has 2 heteroatoms. The highest BCUT2D eigenvalue weighted by Crippen LogP contribution is 2.35. The molecular weight excluding hydrogens is 256 g/mol. The van der Waals surface area contributed by atoms with E-state index in [1.54, 1.807) is 0 Å². The van der Waals surface area contributed by atoms with Crippen LogP contribution in [0.5, 0.6) is 0 Å². The summed E-state index contributed by atoms with van der Waals surface area (Å²) in [7, 11) is 0. The van der Waals surface area contributed by atoms with Crippen LogP contribution >= 0.6 is 0 Å². The number of benzene rings is 1. The molecule has 0 aromatic heterocycles. The average Bonchev–Trinajstić information content (AvgIpc) is 2.51. The van der Waals surface area contributed by atoms with Crippen molar-refractivity contribution in [2.24, 2.45) is 0 Å². The first-order valence-corrected chi connectivity index (χ1v) is 8.71. The maximum Gasteiger partial charge on any atom is 0.0236 e. The maximum atomic E-state index is 3.76. The van der Waals surface area contributed by atoms with E-state index < -0.39 is 0 Å². The van der Waals surface area contributed by atoms with E-state index >= 15 is 0 Å². The van der Waals surface area contributed by atoms with Crippen molar-refractivity contribution in [2.75, 3.05) is 13.1 Å². The Balaban J connectivity index is 1.67. The van der Waals surface area contributed by atoms with Crippen LogP contribution in [0.3, 0.4) is 0 Å². The molecule has 3 rings (SSSR count). The van der Waals surface area contributed by atoms with Gasteiger partial charge in [-0.2, -0.15) is 0 Å². The monoisotopic (exact) mass is 286 g/mol. The van der Waals surface area contributed by atoms with Crippen LogP contribution in [0.1, 0.15) is 51.5 Å². The van der Waals surface area contributed by atoms with Crippen LogP contribution in [0.2, 0.25) is 0 Å². The highest BCUT2D eigenvalue weighted by molar-refractivity contribution is 5.16. The predicted molar refractivity (Wildman–Crippen MR) is 89.6 cm³/mol. The number of hydrogen-bond donors (Lipinski definition) is 1. The Bertz CT molecular complexity index is 436. The van der Waals surface area contributed by atoms with Crippen LogP contribution in [0.15, 0.2) is 30.3 Å². The summed E-state index contributed by atoms with van der Waals surface area (Å²) in [4.78, 5) is 2.82. The van der Waals surface area contributed by atoms with Gasteiger partial charge in [-0.15, -0.1) is 0 Å². The van der Waals surface area contributed by atoms with Gasteiger partial charge in [0, 0.05) is 30.7 Å². The van der Waals surface area contributed by atoms with E-state index in [-0.39, 0.29) is 0 Å². The summed E-state index contributed by atoms with van der Waals surface area (Å²) in [6.45, 7) is 7.23. The standard InChI is InChI=1S/C19H30N2/c1-16-14-20-18(13-17-9-5-3-6-10-17)15-21(16)19(2)11-7-4-8-12-19/h3,5-6,9-10,16,18,20H,4,7-8,11-15H2,1-2H3. The average molecular weight is 286 g/mol. The molecule has 2 aliphatic rings. The molecule has 1 aromatic carbocycles. The molecule has 1 saturated heterocycles. The van der Waals surface area contributed by atoms with E-state index in [9.17, 15) is 0 Å². The molecule has 116 valence electrons. The van der Waals surface area contributed by atoms with Crippen molar-refractivity contribution in [2.45, 2.75) is 70.0 Å². The lowest BCUT2D eigenvalue weighted by atomic mass is 9.80. The topological polar surface area (TPSA) is 15.3 Å². The summed E-state index contributed by atoms with van der Waals surface area (Å²) in [5, 5.41) is 3.76. The molecule has 1 aliphatic carbocycles. The van der Waals surface area contributed by atoms with Gasteiger partial charge in [0.05, 0.1) is 0 Å². The Hall–Kier alpha value is -0.860. The van der Waals surface area contributed by atoms with Crippen molar-refractivity contribution in [3.8, 4) is 0 Å². The molecule has 1 N–H and O–H groups in total. The molecule has 2 unspecified atom stereocenters. The van der Waals surface area contributed by atoms with E-state index in [1.165, 1.54) is 44.2 Å². The second-order valence-corrected chi connectivity index (χ2v) is 7.35. The summed E-state index contributed by atoms with van der Waals surface area (Å²) >= 11 is 0. The van der Waals surface area contributed by atoms with E-state index in [0.717, 1.165) is 13.0 Å². The summed E-state index contributed by atoms with van der Waals surface area (Å²) < 4.78 is 0. The first kappa shape index (κ1) is 15.1. The fraction of sp³-hybridized carbons (Fsp3) is 0.684. The van der Waals surface area contributed by atoms with Crippen LogP contribution in [-0.2, 0) is 6.42 Å². The normalized spacial score (nSPS) is 30.2. The lowest BCUT2D eigenvalue weighted by Crippen LogP contribution is -2.63. The van der Waals surface area contributed by atoms with Gasteiger partial charge in [0.15, 0.2) is 0 Å². The molecule has 1 aliphatic heterocycles. The number of hydrogen-bond acceptors (Lipinski definition) is 2. The maximum absolute atomic E-state index is 3.76. The SMILES string of the molecule is CC1CNC(Cc2ccccc2)CN1C1(C)CCCCC1. The molecule has 2 fully saturated rings. The summed E-state index contributed by atoms with van der Waals surface area (Å²) in [5.74, 6) is 0. The van der Waals surface area contributed by atoms with Gasteiger partial charge in [-0.05, 0) is 38.7 Å². The van der Waals surface area contributed by atoms with Crippen molar-refractivity contribution in [1.29, 1.82) is 0 Å². The molecule has 2 atom stereocenters. The van der Waals surface area contributed by atoms with Crippen LogP contribution in [0.4, 0.5) is 0 Å². The first-order valence-electron chi connectivity index (χ1n) is 8.71. The zero-order valence-corrected chi connectivity index (χ0v) is 13.6. The van der Waals surface area contributed by atoms with Gasteiger partial charge in [0.25, 0.3) is 0 Å². The molecule has 0 spiro atoms. The molecule has 2 nitrogen and oxygen atoms in total. The van der Waals surface area contributed by atoms with E-state index in [2.05, 4.69) is 54.4 Å². The Morgan fingerprint density at radius 2 is 1.86 bits per heavy atom. The van der Waals surface area contributed by atoms with Crippen molar-refractivity contribution < 1.29 is 0 Å². The highest BCUT2D eigenvalue weighted by atomic mass is 15.3. The van der Waals surface area contributed by atoms with Crippen molar-refractivity contribution >= 4 is 0 Å². The molecule has 0 radical (unpaired) electrons. The Labute approximate surface area is 129 Å². The minimum absolute atomic E-state index is 0.439. The third kappa shape index (κ3) is 3.49. The molecule has 0 bridgehead atoms. The Kier molecular flexibility index (Phi) is 4.66. The molecule has 1 heterocycles. The minimum Gasteiger partial charge on any atom is -0.311 e. The molecule has 1 saturated carbocycles. The summed E-state index contributed by atoms with van der Waals surface area (Å²) in [6.07, 6.45) is 8.18. The second-order valence-electron chi connectivity index (χ2n) is 7.35. The van der Waals surface area contributed by atoms with Crippen LogP contribution < -0.4 is 5.32 Å². The van der Waals surface area contributed by atoms with Gasteiger partial charge in [0.2, 0.25) is 0 Å². The van der Waals surface area contributed by atoms with Crippen molar-refractivity contribution in [3.63, 3.8) is 0 Å². The number of piperazine rings is 1. The molecule has 1 aromatic rings. The number of rotatable bonds is 3. The molecule has 0 amide bonds. The van der Waals surface area contributed by atoms with Gasteiger partial charge in [-0.1, -0.05) is 49.6 Å². The number of nitrogens with zero attached hydrogens (tertiary/aromatic N) is 1. The van der Waals surface area contributed by atoms with E-state index in [1.807, 2.05) is 0 Å². The Morgan fingerprint density at radius 3 is 2.57 bits per heavy atom. The zero-order valence-electron chi connectivity index (χ0n) is 13.6. The predicted octanol–water partition coefficient (Wildman–Crippen LogP) is 3.61. The van der Waals surface area contributed by atoms with Crippen LogP contribution in [0, 0.1) is 0 Å². The number of nitrogens with one attached hydrogen (secondary N) is 1. The lowest BCUT2D eigenvalue weighted by molar-refractivity contribution is 0.00346. The van der Waals surface area contributed by atoms with Gasteiger partial charge in [-0.25, -0.2) is 0 Å². The first-order chi connectivity index (χ1) is 10.2. The third-order valence-corrected chi connectivity index (χ3v) is 5.60. The van der Waals surface area contributed by atoms with E-state index in [4.69, 9.17) is 0 Å². The highest BCUT2D eigenvalue weighted by Gasteiger charge is 2.39. The third-order valence-electron chi connectivity index (χ3n) is 5.60. The smallest absolute Gasteiger partial charge is 0.0236 e. The van der Waals surface area contributed by atoms with Gasteiger partial charge in [-0.3, -0.25) is 4.90 Å².